The number of nitrogens with two attached hydrogens (primary N) is 1. The number of imidazole rings is 1. The molecule has 9 heteroatoms. The van der Waals surface area contributed by atoms with Gasteiger partial charge in [-0.25, -0.2) is 15.0 Å². The first-order valence-electron chi connectivity index (χ1n) is 9.75. The molecule has 0 aliphatic rings. The van der Waals surface area contributed by atoms with E-state index in [-0.39, 0.29) is 6.61 Å². The number of likely N-dealkylation sites (N-methyl/N-ethyl adjacent to an activating group) is 1. The van der Waals surface area contributed by atoms with Gasteiger partial charge in [0.15, 0.2) is 0 Å². The van der Waals surface area contributed by atoms with Gasteiger partial charge in [0.25, 0.3) is 0 Å². The fourth-order valence-corrected chi connectivity index (χ4v) is 4.00. The number of halogens is 2. The van der Waals surface area contributed by atoms with E-state index in [1.807, 2.05) is 53.9 Å². The number of aromatic nitrogens is 4. The second kappa shape index (κ2) is 9.09. The van der Waals surface area contributed by atoms with Crippen molar-refractivity contribution in [1.29, 1.82) is 0 Å². The maximum Gasteiger partial charge on any atom is 0.147 e. The first-order chi connectivity index (χ1) is 15.0. The van der Waals surface area contributed by atoms with Gasteiger partial charge in [0.2, 0.25) is 0 Å². The van der Waals surface area contributed by atoms with Crippen molar-refractivity contribution >= 4 is 39.9 Å². The number of rotatable bonds is 7. The summed E-state index contributed by atoms with van der Waals surface area (Å²) in [5.41, 5.74) is 8.93. The van der Waals surface area contributed by atoms with Crippen molar-refractivity contribution < 1.29 is 4.74 Å². The van der Waals surface area contributed by atoms with Crippen LogP contribution in [0.25, 0.3) is 16.6 Å². The Morgan fingerprint density at radius 2 is 2.10 bits per heavy atom. The van der Waals surface area contributed by atoms with Crippen LogP contribution in [0.5, 0.6) is 5.75 Å². The first kappa shape index (κ1) is 21.4. The average Bonchev–Trinajstić information content (AvgIpc) is 3.28. The topological polar surface area (TPSA) is 82.1 Å². The molecule has 3 aromatic heterocycles. The van der Waals surface area contributed by atoms with E-state index >= 15 is 0 Å². The molecule has 160 valence electrons. The van der Waals surface area contributed by atoms with Crippen LogP contribution >= 0.6 is 23.2 Å². The van der Waals surface area contributed by atoms with Crippen molar-refractivity contribution in [3.05, 3.63) is 70.5 Å². The quantitative estimate of drug-likeness (QED) is 0.443. The minimum Gasteiger partial charge on any atom is -0.487 e. The Bertz CT molecular complexity index is 1210. The van der Waals surface area contributed by atoms with Crippen LogP contribution in [0.2, 0.25) is 10.0 Å². The molecule has 0 amide bonds. The fraction of sp³-hybridized carbons (Fsp3) is 0.227. The van der Waals surface area contributed by atoms with Crippen molar-refractivity contribution in [1.82, 2.24) is 19.5 Å². The largest absolute Gasteiger partial charge is 0.487 e. The van der Waals surface area contributed by atoms with Gasteiger partial charge in [-0.1, -0.05) is 35.3 Å². The van der Waals surface area contributed by atoms with Crippen molar-refractivity contribution in [2.24, 2.45) is 5.73 Å². The van der Waals surface area contributed by atoms with Gasteiger partial charge in [-0.2, -0.15) is 0 Å². The third-order valence-corrected chi connectivity index (χ3v) is 5.66. The van der Waals surface area contributed by atoms with Gasteiger partial charge in [-0.05, 0) is 19.1 Å². The maximum atomic E-state index is 6.61. The van der Waals surface area contributed by atoms with E-state index in [9.17, 15) is 0 Å². The molecule has 0 saturated heterocycles. The highest BCUT2D eigenvalue weighted by molar-refractivity contribution is 6.37. The van der Waals surface area contributed by atoms with Crippen LogP contribution in [0.1, 0.15) is 11.3 Å². The Kier molecular flexibility index (Phi) is 6.27. The summed E-state index contributed by atoms with van der Waals surface area (Å²) in [5.74, 6) is 1.26. The molecule has 0 spiro atoms. The molecule has 1 aromatic carbocycles. The Morgan fingerprint density at radius 1 is 1.26 bits per heavy atom. The number of para-hydroxylation sites is 1. The van der Waals surface area contributed by atoms with Crippen LogP contribution in [0.4, 0.5) is 5.82 Å². The first-order valence-corrected chi connectivity index (χ1v) is 10.5. The van der Waals surface area contributed by atoms with Gasteiger partial charge in [0.05, 0.1) is 22.1 Å². The zero-order valence-corrected chi connectivity index (χ0v) is 18.7. The van der Waals surface area contributed by atoms with Gasteiger partial charge in [0.1, 0.15) is 23.7 Å². The number of anilines is 1. The minimum atomic E-state index is 0.179. The number of hydrogen-bond donors (Lipinski definition) is 1. The second-order valence-electron chi connectivity index (χ2n) is 7.13. The van der Waals surface area contributed by atoms with E-state index in [1.54, 1.807) is 18.7 Å². The summed E-state index contributed by atoms with van der Waals surface area (Å²) in [6.07, 6.45) is 6.99. The summed E-state index contributed by atoms with van der Waals surface area (Å²) in [6.45, 7) is 3.24. The Balaban J connectivity index is 1.70. The summed E-state index contributed by atoms with van der Waals surface area (Å²) >= 11 is 13.0. The number of benzene rings is 1. The highest BCUT2D eigenvalue weighted by Crippen LogP contribution is 2.34. The van der Waals surface area contributed by atoms with E-state index in [0.717, 1.165) is 22.3 Å². The summed E-state index contributed by atoms with van der Waals surface area (Å²) in [6, 6.07) is 7.85. The number of aryl methyl sites for hydroxylation is 1. The summed E-state index contributed by atoms with van der Waals surface area (Å²) in [4.78, 5) is 15.1. The SMILES string of the molecule is Cc1cc(-n2ccnc2)c2cccc(OCc3c(Cl)cnc(N(C)CCN)c3Cl)c2n1. The van der Waals surface area contributed by atoms with Crippen LogP contribution in [0.15, 0.2) is 49.2 Å². The van der Waals surface area contributed by atoms with Gasteiger partial charge >= 0.3 is 0 Å². The molecule has 31 heavy (non-hydrogen) atoms. The highest BCUT2D eigenvalue weighted by Gasteiger charge is 2.17. The number of fused-ring (bicyclic) bond motifs is 1. The Labute approximate surface area is 190 Å². The monoisotopic (exact) mass is 456 g/mol. The molecular formula is C22H22Cl2N6O. The molecule has 0 aliphatic heterocycles. The van der Waals surface area contributed by atoms with Crippen LogP contribution in [-0.2, 0) is 6.61 Å². The minimum absolute atomic E-state index is 0.179. The van der Waals surface area contributed by atoms with Crippen LogP contribution in [-0.4, -0.2) is 39.7 Å². The fourth-order valence-electron chi connectivity index (χ4n) is 3.40. The lowest BCUT2D eigenvalue weighted by atomic mass is 10.1. The normalized spacial score (nSPS) is 11.1. The third-order valence-electron chi connectivity index (χ3n) is 4.94. The van der Waals surface area contributed by atoms with Crippen LogP contribution in [0.3, 0.4) is 0 Å². The molecule has 0 saturated carbocycles. The van der Waals surface area contributed by atoms with Crippen molar-refractivity contribution in [3.63, 3.8) is 0 Å². The molecule has 4 rings (SSSR count). The third kappa shape index (κ3) is 4.30. The van der Waals surface area contributed by atoms with E-state index in [0.29, 0.717) is 40.3 Å². The maximum absolute atomic E-state index is 6.61. The van der Waals surface area contributed by atoms with Crippen LogP contribution < -0.4 is 15.4 Å². The Hall–Kier alpha value is -2.87. The molecule has 0 radical (unpaired) electrons. The average molecular weight is 457 g/mol. The molecule has 3 heterocycles. The summed E-state index contributed by atoms with van der Waals surface area (Å²) in [5, 5.41) is 1.85. The Morgan fingerprint density at radius 3 is 2.84 bits per heavy atom. The predicted octanol–water partition coefficient (Wildman–Crippen LogP) is 4.40. The molecule has 2 N–H and O–H groups in total. The van der Waals surface area contributed by atoms with Crippen molar-refractivity contribution in [3.8, 4) is 11.4 Å². The molecule has 0 atom stereocenters. The van der Waals surface area contributed by atoms with Crippen molar-refractivity contribution in [2.75, 3.05) is 25.0 Å². The molecule has 7 nitrogen and oxygen atoms in total. The second-order valence-corrected chi connectivity index (χ2v) is 7.91. The highest BCUT2D eigenvalue weighted by atomic mass is 35.5. The molecule has 0 bridgehead atoms. The number of pyridine rings is 2. The lowest BCUT2D eigenvalue weighted by Gasteiger charge is -2.20. The number of nitrogens with zero attached hydrogens (tertiary/aromatic N) is 5. The number of ether oxygens (including phenoxy) is 1. The van der Waals surface area contributed by atoms with E-state index in [2.05, 4.69) is 9.97 Å². The molecule has 0 fully saturated rings. The predicted molar refractivity (Wildman–Crippen MR) is 125 cm³/mol. The van der Waals surface area contributed by atoms with Gasteiger partial charge in [-0.3, -0.25) is 0 Å². The van der Waals surface area contributed by atoms with E-state index in [4.69, 9.17) is 38.7 Å². The molecule has 4 aromatic rings. The summed E-state index contributed by atoms with van der Waals surface area (Å²) < 4.78 is 8.12. The number of hydrogen-bond acceptors (Lipinski definition) is 6. The van der Waals surface area contributed by atoms with E-state index in [1.165, 1.54) is 0 Å². The molecule has 0 unspecified atom stereocenters. The smallest absolute Gasteiger partial charge is 0.147 e. The zero-order valence-electron chi connectivity index (χ0n) is 17.2. The van der Waals surface area contributed by atoms with Crippen LogP contribution in [0, 0.1) is 6.92 Å². The lowest BCUT2D eigenvalue weighted by Crippen LogP contribution is -2.26. The standard InChI is InChI=1S/C22H22Cl2N6O/c1-14-10-18(30-9-7-26-13-30)15-4-3-5-19(21(15)28-14)31-12-16-17(23)11-27-22(20(16)24)29(2)8-6-25/h3-5,7,9-11,13H,6,8,12,25H2,1-2H3. The lowest BCUT2D eigenvalue weighted by molar-refractivity contribution is 0.309. The summed E-state index contributed by atoms with van der Waals surface area (Å²) in [7, 11) is 1.88. The van der Waals surface area contributed by atoms with Gasteiger partial charge in [-0.15, -0.1) is 0 Å². The molecule has 0 aliphatic carbocycles. The van der Waals surface area contributed by atoms with Gasteiger partial charge in [0, 0.05) is 55.4 Å². The zero-order chi connectivity index (χ0) is 22.0. The van der Waals surface area contributed by atoms with E-state index < -0.39 is 0 Å². The molecular weight excluding hydrogens is 435 g/mol. The van der Waals surface area contributed by atoms with Crippen molar-refractivity contribution in [2.45, 2.75) is 13.5 Å². The van der Waals surface area contributed by atoms with Gasteiger partial charge < -0.3 is 19.9 Å².